The Balaban J connectivity index is 3.40. The molecule has 0 bridgehead atoms. The van der Waals surface area contributed by atoms with Crippen molar-refractivity contribution in [3.63, 3.8) is 0 Å². The molecule has 0 aromatic heterocycles. The minimum Gasteiger partial charge on any atom is -0.444 e. The van der Waals surface area contributed by atoms with E-state index in [1.807, 2.05) is 20.8 Å². The molecule has 1 amide bonds. The molecule has 0 unspecified atom stereocenters. The fourth-order valence-electron chi connectivity index (χ4n) is 0.746. The monoisotopic (exact) mass is 211 g/mol. The molecule has 0 aliphatic rings. The van der Waals surface area contributed by atoms with Gasteiger partial charge in [0, 0.05) is 6.54 Å². The van der Waals surface area contributed by atoms with E-state index in [-0.39, 0.29) is 0 Å². The van der Waals surface area contributed by atoms with E-state index >= 15 is 0 Å². The first-order valence-corrected chi connectivity index (χ1v) is 4.87. The third kappa shape index (κ3) is 11.0. The van der Waals surface area contributed by atoms with Crippen LogP contribution in [-0.2, 0) is 9.47 Å². The van der Waals surface area contributed by atoms with Crippen LogP contribution < -0.4 is 5.32 Å². The first-order valence-electron chi connectivity index (χ1n) is 4.87. The lowest BCUT2D eigenvalue weighted by molar-refractivity contribution is 0.0506. The first-order chi connectivity index (χ1) is 6.95. The minimum absolute atomic E-state index is 0.424. The number of hydrogen-bond acceptors (Lipinski definition) is 3. The molecule has 0 aromatic rings. The summed E-state index contributed by atoms with van der Waals surface area (Å²) in [5, 5.41) is 2.57. The van der Waals surface area contributed by atoms with Crippen molar-refractivity contribution in [2.75, 3.05) is 19.8 Å². The van der Waals surface area contributed by atoms with Crippen molar-refractivity contribution in [1.29, 1.82) is 0 Å². The van der Waals surface area contributed by atoms with E-state index in [0.29, 0.717) is 19.8 Å². The largest absolute Gasteiger partial charge is 0.444 e. The summed E-state index contributed by atoms with van der Waals surface area (Å²) in [5.41, 5.74) is -0.465. The van der Waals surface area contributed by atoms with Gasteiger partial charge in [0.1, 0.15) is 13.4 Å². The number of carbonyl (C=O) groups is 1. The molecule has 5 heteroatoms. The van der Waals surface area contributed by atoms with Gasteiger partial charge in [0.2, 0.25) is 0 Å². The highest BCUT2D eigenvalue weighted by Crippen LogP contribution is 2.05. The van der Waals surface area contributed by atoms with E-state index in [4.69, 9.17) is 17.3 Å². The van der Waals surface area contributed by atoms with Gasteiger partial charge in [0.05, 0.1) is 13.2 Å². The van der Waals surface area contributed by atoms with Crippen molar-refractivity contribution in [3.05, 3.63) is 12.1 Å². The molecular weight excluding hydrogens is 193 g/mol. The SMILES string of the molecule is [B]/C=C/COCCNC(=O)OC(C)(C)C. The highest BCUT2D eigenvalue weighted by molar-refractivity contribution is 6.16. The number of nitrogens with one attached hydrogen (secondary N) is 1. The van der Waals surface area contributed by atoms with Crippen LogP contribution in [0, 0.1) is 0 Å². The molecule has 15 heavy (non-hydrogen) atoms. The normalized spacial score (nSPS) is 11.7. The topological polar surface area (TPSA) is 47.6 Å². The second kappa shape index (κ2) is 7.34. The van der Waals surface area contributed by atoms with Gasteiger partial charge in [0.15, 0.2) is 0 Å². The van der Waals surface area contributed by atoms with Crippen LogP contribution in [0.4, 0.5) is 4.79 Å². The lowest BCUT2D eigenvalue weighted by Gasteiger charge is -2.19. The van der Waals surface area contributed by atoms with Crippen molar-refractivity contribution in [2.45, 2.75) is 26.4 Å². The van der Waals surface area contributed by atoms with Crippen molar-refractivity contribution < 1.29 is 14.3 Å². The minimum atomic E-state index is -0.465. The Labute approximate surface area is 92.4 Å². The fourth-order valence-corrected chi connectivity index (χ4v) is 0.746. The van der Waals surface area contributed by atoms with E-state index in [1.54, 1.807) is 6.08 Å². The Bertz CT molecular complexity index is 211. The molecule has 4 nitrogen and oxygen atoms in total. The highest BCUT2D eigenvalue weighted by atomic mass is 16.6. The van der Waals surface area contributed by atoms with E-state index in [1.165, 1.54) is 5.98 Å². The van der Waals surface area contributed by atoms with E-state index in [0.717, 1.165) is 0 Å². The number of ether oxygens (including phenoxy) is 2. The molecular formula is C10H18BNO3. The predicted molar refractivity (Wildman–Crippen MR) is 59.9 cm³/mol. The Morgan fingerprint density at radius 3 is 2.67 bits per heavy atom. The molecule has 0 rings (SSSR count). The van der Waals surface area contributed by atoms with Crippen molar-refractivity contribution >= 4 is 13.9 Å². The maximum absolute atomic E-state index is 11.1. The van der Waals surface area contributed by atoms with Gasteiger partial charge in [-0.1, -0.05) is 6.08 Å². The lowest BCUT2D eigenvalue weighted by atomic mass is 10.1. The van der Waals surface area contributed by atoms with Crippen LogP contribution in [0.5, 0.6) is 0 Å². The van der Waals surface area contributed by atoms with E-state index in [9.17, 15) is 4.79 Å². The van der Waals surface area contributed by atoms with Crippen LogP contribution in [0.3, 0.4) is 0 Å². The van der Waals surface area contributed by atoms with E-state index in [2.05, 4.69) is 5.32 Å². The van der Waals surface area contributed by atoms with E-state index < -0.39 is 11.7 Å². The summed E-state index contributed by atoms with van der Waals surface area (Å²) in [6.07, 6.45) is 1.26. The molecule has 0 spiro atoms. The van der Waals surface area contributed by atoms with Crippen LogP contribution in [0.25, 0.3) is 0 Å². The van der Waals surface area contributed by atoms with Crippen molar-refractivity contribution in [1.82, 2.24) is 5.32 Å². The van der Waals surface area contributed by atoms with Gasteiger partial charge in [-0.2, -0.15) is 0 Å². The zero-order valence-corrected chi connectivity index (χ0v) is 9.58. The van der Waals surface area contributed by atoms with Gasteiger partial charge in [-0.25, -0.2) is 4.79 Å². The average molecular weight is 211 g/mol. The van der Waals surface area contributed by atoms with Gasteiger partial charge in [-0.05, 0) is 20.8 Å². The number of amides is 1. The number of rotatable bonds is 5. The van der Waals surface area contributed by atoms with Crippen LogP contribution in [-0.4, -0.2) is 39.3 Å². The Kier molecular flexibility index (Phi) is 6.87. The third-order valence-corrected chi connectivity index (χ3v) is 1.26. The summed E-state index contributed by atoms with van der Waals surface area (Å²) < 4.78 is 10.1. The zero-order valence-electron chi connectivity index (χ0n) is 9.58. The van der Waals surface area contributed by atoms with Crippen LogP contribution >= 0.6 is 0 Å². The summed E-state index contributed by atoms with van der Waals surface area (Å²) >= 11 is 0. The quantitative estimate of drug-likeness (QED) is 0.549. The molecule has 0 heterocycles. The molecule has 84 valence electrons. The first kappa shape index (κ1) is 14.0. The molecule has 0 aliphatic carbocycles. The lowest BCUT2D eigenvalue weighted by Crippen LogP contribution is -2.34. The van der Waals surface area contributed by atoms with Crippen LogP contribution in [0.1, 0.15) is 20.8 Å². The summed E-state index contributed by atoms with van der Waals surface area (Å²) in [6.45, 7) is 6.75. The number of carbonyl (C=O) groups excluding carboxylic acids is 1. The molecule has 0 aromatic carbocycles. The highest BCUT2D eigenvalue weighted by Gasteiger charge is 2.15. The average Bonchev–Trinajstić information content (AvgIpc) is 2.08. The van der Waals surface area contributed by atoms with Gasteiger partial charge < -0.3 is 14.8 Å². The second-order valence-electron chi connectivity index (χ2n) is 3.93. The van der Waals surface area contributed by atoms with Crippen LogP contribution in [0.2, 0.25) is 0 Å². The summed E-state index contributed by atoms with van der Waals surface area (Å²) in [5.74, 6) is 1.42. The zero-order chi connectivity index (χ0) is 11.7. The number of alkyl carbamates (subject to hydrolysis) is 1. The predicted octanol–water partition coefficient (Wildman–Crippen LogP) is 1.21. The standard InChI is InChI=1S/C10H18BNO3/c1-10(2,3)15-9(13)12-6-8-14-7-4-5-11/h4-5H,6-8H2,1-3H3,(H,12,13)/b5-4+. The smallest absolute Gasteiger partial charge is 0.407 e. The molecule has 0 fully saturated rings. The molecule has 1 N–H and O–H groups in total. The second-order valence-corrected chi connectivity index (χ2v) is 3.93. The molecule has 2 radical (unpaired) electrons. The van der Waals surface area contributed by atoms with Gasteiger partial charge in [-0.3, -0.25) is 0 Å². The molecule has 0 aliphatic heterocycles. The summed E-state index contributed by atoms with van der Waals surface area (Å²) in [6, 6.07) is 0. The maximum Gasteiger partial charge on any atom is 0.407 e. The third-order valence-electron chi connectivity index (χ3n) is 1.26. The Hall–Kier alpha value is -0.965. The van der Waals surface area contributed by atoms with Crippen molar-refractivity contribution in [2.24, 2.45) is 0 Å². The molecule has 0 atom stereocenters. The Morgan fingerprint density at radius 2 is 2.13 bits per heavy atom. The van der Waals surface area contributed by atoms with Gasteiger partial charge in [0.25, 0.3) is 0 Å². The molecule has 0 saturated heterocycles. The maximum atomic E-state index is 11.1. The summed E-state index contributed by atoms with van der Waals surface area (Å²) in [7, 11) is 5.11. The van der Waals surface area contributed by atoms with Crippen molar-refractivity contribution in [3.8, 4) is 0 Å². The van der Waals surface area contributed by atoms with Crippen LogP contribution in [0.15, 0.2) is 12.1 Å². The fraction of sp³-hybridized carbons (Fsp3) is 0.700. The van der Waals surface area contributed by atoms with Gasteiger partial charge >= 0.3 is 6.09 Å². The Morgan fingerprint density at radius 1 is 1.47 bits per heavy atom. The summed E-state index contributed by atoms with van der Waals surface area (Å²) in [4.78, 5) is 11.1. The molecule has 0 saturated carbocycles. The number of hydrogen-bond donors (Lipinski definition) is 1. The van der Waals surface area contributed by atoms with Gasteiger partial charge in [-0.15, -0.1) is 5.98 Å².